The van der Waals surface area contributed by atoms with Crippen LogP contribution in [0.2, 0.25) is 0 Å². The average Bonchev–Trinajstić information content (AvgIpc) is 2.56. The van der Waals surface area contributed by atoms with Crippen LogP contribution in [-0.4, -0.2) is 40.7 Å². The Morgan fingerprint density at radius 1 is 1.82 bits per heavy atom. The zero-order valence-corrected chi connectivity index (χ0v) is 8.95. The lowest BCUT2D eigenvalue weighted by molar-refractivity contribution is -0.0823. The second kappa shape index (κ2) is 5.51. The number of aliphatic hydroxyl groups is 2. The molecule has 1 fully saturated rings. The molecular formula is C8H14N6O3. The molecule has 0 spiro atoms. The molecule has 1 saturated heterocycles. The highest BCUT2D eigenvalue weighted by Gasteiger charge is 2.45. The SMILES string of the molecule is [N-]=[N+]=N[C@@]1(CO)C[C@@H](O)[C@H](N/C=C\C(=N)N)O1. The standard InChI is InChI=1S/C8H14N6O3/c9-6(10)1-2-12-7-5(16)3-8(4-15,17-7)13-14-11/h1-2,5,7,12,15-16H,3-4H2,(H3,9,10)/b2-1-/t5-,7-,8+/m1/s1. The highest BCUT2D eigenvalue weighted by molar-refractivity contribution is 5.88. The third kappa shape index (κ3) is 3.33. The van der Waals surface area contributed by atoms with Crippen molar-refractivity contribution in [1.82, 2.24) is 5.32 Å². The van der Waals surface area contributed by atoms with E-state index < -0.39 is 24.7 Å². The summed E-state index contributed by atoms with van der Waals surface area (Å²) >= 11 is 0. The van der Waals surface area contributed by atoms with Crippen molar-refractivity contribution in [3.8, 4) is 0 Å². The summed E-state index contributed by atoms with van der Waals surface area (Å²) in [6.07, 6.45) is 0.814. The fraction of sp³-hybridized carbons (Fsp3) is 0.625. The smallest absolute Gasteiger partial charge is 0.175 e. The van der Waals surface area contributed by atoms with Gasteiger partial charge in [-0.25, -0.2) is 0 Å². The van der Waals surface area contributed by atoms with E-state index in [1.807, 2.05) is 0 Å². The third-order valence-electron chi connectivity index (χ3n) is 2.22. The van der Waals surface area contributed by atoms with Crippen LogP contribution in [0, 0.1) is 5.41 Å². The topological polar surface area (TPSA) is 160 Å². The van der Waals surface area contributed by atoms with E-state index in [2.05, 4.69) is 15.3 Å². The van der Waals surface area contributed by atoms with Crippen LogP contribution in [0.1, 0.15) is 6.42 Å². The van der Waals surface area contributed by atoms with Gasteiger partial charge < -0.3 is 26.0 Å². The van der Waals surface area contributed by atoms with Crippen molar-refractivity contribution in [2.45, 2.75) is 24.5 Å². The van der Waals surface area contributed by atoms with Crippen molar-refractivity contribution in [3.05, 3.63) is 22.7 Å². The number of azide groups is 1. The second-order valence-corrected chi connectivity index (χ2v) is 3.56. The fourth-order valence-electron chi connectivity index (χ4n) is 1.45. The monoisotopic (exact) mass is 242 g/mol. The molecule has 3 atom stereocenters. The summed E-state index contributed by atoms with van der Waals surface area (Å²) in [4.78, 5) is 2.57. The zero-order valence-electron chi connectivity index (χ0n) is 8.95. The van der Waals surface area contributed by atoms with Gasteiger partial charge in [-0.15, -0.1) is 0 Å². The Labute approximate surface area is 97.0 Å². The molecule has 0 bridgehead atoms. The quantitative estimate of drug-likeness (QED) is 0.139. The first-order valence-corrected chi connectivity index (χ1v) is 4.82. The number of hydrogen-bond donors (Lipinski definition) is 5. The van der Waals surface area contributed by atoms with Gasteiger partial charge in [0.15, 0.2) is 12.0 Å². The third-order valence-corrected chi connectivity index (χ3v) is 2.22. The molecule has 0 aromatic carbocycles. The van der Waals surface area contributed by atoms with E-state index in [0.717, 1.165) is 0 Å². The van der Waals surface area contributed by atoms with E-state index in [1.54, 1.807) is 0 Å². The normalized spacial score (nSPS) is 32.4. The minimum Gasteiger partial charge on any atom is -0.393 e. The highest BCUT2D eigenvalue weighted by atomic mass is 16.6. The molecule has 9 heteroatoms. The number of amidine groups is 1. The molecular weight excluding hydrogens is 228 g/mol. The summed E-state index contributed by atoms with van der Waals surface area (Å²) in [6.45, 7) is -0.525. The Bertz CT molecular complexity index is 366. The van der Waals surface area contributed by atoms with Crippen LogP contribution < -0.4 is 11.1 Å². The van der Waals surface area contributed by atoms with Crippen molar-refractivity contribution < 1.29 is 14.9 Å². The van der Waals surface area contributed by atoms with Crippen molar-refractivity contribution in [2.75, 3.05) is 6.61 Å². The van der Waals surface area contributed by atoms with Crippen molar-refractivity contribution in [2.24, 2.45) is 10.8 Å². The molecule has 17 heavy (non-hydrogen) atoms. The number of aliphatic hydroxyl groups excluding tert-OH is 2. The molecule has 1 aliphatic rings. The molecule has 0 aliphatic carbocycles. The van der Waals surface area contributed by atoms with Crippen LogP contribution in [0.25, 0.3) is 10.4 Å². The Morgan fingerprint density at radius 2 is 2.53 bits per heavy atom. The van der Waals surface area contributed by atoms with Crippen molar-refractivity contribution in [1.29, 1.82) is 5.41 Å². The van der Waals surface area contributed by atoms with Gasteiger partial charge in [0, 0.05) is 17.5 Å². The molecule has 0 unspecified atom stereocenters. The first kappa shape index (κ1) is 13.3. The number of hydrogen-bond acceptors (Lipinski definition) is 6. The van der Waals surface area contributed by atoms with E-state index in [9.17, 15) is 5.11 Å². The van der Waals surface area contributed by atoms with E-state index in [1.165, 1.54) is 12.3 Å². The summed E-state index contributed by atoms with van der Waals surface area (Å²) in [6, 6.07) is 0. The number of nitrogens with two attached hydrogens (primary N) is 1. The largest absolute Gasteiger partial charge is 0.393 e. The molecule has 94 valence electrons. The molecule has 0 aromatic rings. The van der Waals surface area contributed by atoms with Gasteiger partial charge in [-0.05, 0) is 11.6 Å². The molecule has 0 amide bonds. The van der Waals surface area contributed by atoms with Crippen LogP contribution in [0.3, 0.4) is 0 Å². The molecule has 0 saturated carbocycles. The number of nitrogens with zero attached hydrogens (tertiary/aromatic N) is 3. The van der Waals surface area contributed by atoms with Crippen LogP contribution in [0.4, 0.5) is 0 Å². The molecule has 1 aliphatic heterocycles. The zero-order chi connectivity index (χ0) is 12.9. The van der Waals surface area contributed by atoms with Crippen LogP contribution in [0.5, 0.6) is 0 Å². The molecule has 0 radical (unpaired) electrons. The molecule has 6 N–H and O–H groups in total. The van der Waals surface area contributed by atoms with Gasteiger partial charge in [-0.3, -0.25) is 5.41 Å². The van der Waals surface area contributed by atoms with Crippen LogP contribution >= 0.6 is 0 Å². The summed E-state index contributed by atoms with van der Waals surface area (Å²) in [5.41, 5.74) is 12.0. The number of nitrogens with one attached hydrogen (secondary N) is 2. The Balaban J connectivity index is 2.65. The van der Waals surface area contributed by atoms with Crippen molar-refractivity contribution in [3.63, 3.8) is 0 Å². The van der Waals surface area contributed by atoms with E-state index in [0.29, 0.717) is 0 Å². The predicted octanol–water partition coefficient (Wildman–Crippen LogP) is -0.868. The summed E-state index contributed by atoms with van der Waals surface area (Å²) in [7, 11) is 0. The Hall–Kier alpha value is -1.80. The molecule has 1 heterocycles. The maximum Gasteiger partial charge on any atom is 0.175 e. The van der Waals surface area contributed by atoms with Crippen LogP contribution in [0.15, 0.2) is 17.4 Å². The number of rotatable bonds is 5. The lowest BCUT2D eigenvalue weighted by Crippen LogP contribution is -2.36. The minimum absolute atomic E-state index is 0.0147. The number of ether oxygens (including phenoxy) is 1. The average molecular weight is 242 g/mol. The van der Waals surface area contributed by atoms with Gasteiger partial charge in [0.1, 0.15) is 11.9 Å². The first-order valence-electron chi connectivity index (χ1n) is 4.82. The van der Waals surface area contributed by atoms with Gasteiger partial charge in [-0.2, -0.15) is 0 Å². The minimum atomic E-state index is -1.45. The van der Waals surface area contributed by atoms with E-state index in [4.69, 9.17) is 26.5 Å². The molecule has 1 rings (SSSR count). The van der Waals surface area contributed by atoms with Crippen LogP contribution in [-0.2, 0) is 4.74 Å². The first-order chi connectivity index (χ1) is 8.03. The lowest BCUT2D eigenvalue weighted by Gasteiger charge is -2.20. The summed E-state index contributed by atoms with van der Waals surface area (Å²) in [5.74, 6) is -0.159. The van der Waals surface area contributed by atoms with E-state index in [-0.39, 0.29) is 12.3 Å². The van der Waals surface area contributed by atoms with Gasteiger partial charge in [0.25, 0.3) is 0 Å². The Kier molecular flexibility index (Phi) is 4.30. The van der Waals surface area contributed by atoms with Gasteiger partial charge >= 0.3 is 0 Å². The second-order valence-electron chi connectivity index (χ2n) is 3.56. The molecule has 9 nitrogen and oxygen atoms in total. The van der Waals surface area contributed by atoms with E-state index >= 15 is 0 Å². The maximum atomic E-state index is 9.65. The summed E-state index contributed by atoms with van der Waals surface area (Å²) < 4.78 is 5.24. The lowest BCUT2D eigenvalue weighted by atomic mass is 10.1. The fourth-order valence-corrected chi connectivity index (χ4v) is 1.45. The maximum absolute atomic E-state index is 9.65. The van der Waals surface area contributed by atoms with Gasteiger partial charge in [-0.1, -0.05) is 5.11 Å². The van der Waals surface area contributed by atoms with Gasteiger partial charge in [0.2, 0.25) is 0 Å². The van der Waals surface area contributed by atoms with Crippen molar-refractivity contribution >= 4 is 5.84 Å². The van der Waals surface area contributed by atoms with Gasteiger partial charge in [0.05, 0.1) is 6.61 Å². The predicted molar refractivity (Wildman–Crippen MR) is 58.6 cm³/mol. The molecule has 0 aromatic heterocycles. The summed E-state index contributed by atoms with van der Waals surface area (Å²) in [5, 5.41) is 31.7. The Morgan fingerprint density at radius 3 is 3.06 bits per heavy atom. The highest BCUT2D eigenvalue weighted by Crippen LogP contribution is 2.30.